The molecule has 4 nitrogen and oxygen atoms in total. The first-order valence-corrected chi connectivity index (χ1v) is 7.16. The number of carbonyl (C=O) groups excluding carboxylic acids is 3. The number of rotatable bonds is 1. The molecule has 20 heavy (non-hydrogen) atoms. The molecule has 0 aromatic rings. The fourth-order valence-electron chi connectivity index (χ4n) is 3.71. The van der Waals surface area contributed by atoms with Crippen molar-refractivity contribution in [2.45, 2.75) is 45.1 Å². The van der Waals surface area contributed by atoms with Crippen LogP contribution in [0, 0.1) is 11.3 Å². The SMILES string of the molecule is CC(=O)O[C@@H]1C=C[C@@]23CCC(=O)C=C2CC[C@@H](C1)C3=O. The lowest BCUT2D eigenvalue weighted by atomic mass is 9.61. The predicted molar refractivity (Wildman–Crippen MR) is 71.8 cm³/mol. The topological polar surface area (TPSA) is 60.4 Å². The zero-order valence-corrected chi connectivity index (χ0v) is 11.6. The van der Waals surface area contributed by atoms with Crippen LogP contribution in [0.2, 0.25) is 0 Å². The third-order valence-corrected chi connectivity index (χ3v) is 4.68. The maximum Gasteiger partial charge on any atom is 0.303 e. The van der Waals surface area contributed by atoms with E-state index in [1.165, 1.54) is 6.92 Å². The number of ketones is 2. The fourth-order valence-corrected chi connectivity index (χ4v) is 3.71. The summed E-state index contributed by atoms with van der Waals surface area (Å²) in [4.78, 5) is 35.5. The van der Waals surface area contributed by atoms with E-state index >= 15 is 0 Å². The molecule has 0 N–H and O–H groups in total. The normalized spacial score (nSPS) is 36.0. The molecule has 0 amide bonds. The Hall–Kier alpha value is -1.71. The summed E-state index contributed by atoms with van der Waals surface area (Å²) in [6.07, 6.45) is 8.16. The largest absolute Gasteiger partial charge is 0.458 e. The van der Waals surface area contributed by atoms with Crippen LogP contribution in [-0.2, 0) is 19.1 Å². The van der Waals surface area contributed by atoms with Gasteiger partial charge in [0.2, 0.25) is 0 Å². The molecule has 4 heteroatoms. The molecule has 1 spiro atoms. The van der Waals surface area contributed by atoms with Crippen molar-refractivity contribution in [3.8, 4) is 0 Å². The molecule has 0 aliphatic heterocycles. The minimum absolute atomic E-state index is 0.0697. The molecule has 0 saturated heterocycles. The number of carbonyl (C=O) groups is 3. The van der Waals surface area contributed by atoms with Crippen molar-refractivity contribution in [2.75, 3.05) is 0 Å². The van der Waals surface area contributed by atoms with Crippen LogP contribution in [0.3, 0.4) is 0 Å². The van der Waals surface area contributed by atoms with Gasteiger partial charge in [-0.05, 0) is 43.4 Å². The van der Waals surface area contributed by atoms with Crippen molar-refractivity contribution >= 4 is 17.5 Å². The molecule has 0 unspecified atom stereocenters. The van der Waals surface area contributed by atoms with Crippen LogP contribution in [-0.4, -0.2) is 23.6 Å². The summed E-state index contributed by atoms with van der Waals surface area (Å²) in [5, 5.41) is 0. The van der Waals surface area contributed by atoms with E-state index in [0.717, 1.165) is 18.4 Å². The van der Waals surface area contributed by atoms with E-state index in [4.69, 9.17) is 4.74 Å². The predicted octanol–water partition coefficient (Wildman–Crippen LogP) is 2.13. The fraction of sp³-hybridized carbons (Fsp3) is 0.562. The van der Waals surface area contributed by atoms with Crippen LogP contribution in [0.5, 0.6) is 0 Å². The van der Waals surface area contributed by atoms with Gasteiger partial charge in [-0.15, -0.1) is 0 Å². The number of esters is 1. The number of allylic oxidation sites excluding steroid dienone is 3. The van der Waals surface area contributed by atoms with Crippen LogP contribution >= 0.6 is 0 Å². The Labute approximate surface area is 117 Å². The molecule has 3 aliphatic rings. The summed E-state index contributed by atoms with van der Waals surface area (Å²) in [5.41, 5.74) is 0.348. The van der Waals surface area contributed by atoms with Crippen LogP contribution in [0.15, 0.2) is 23.8 Å². The molecule has 3 aliphatic carbocycles. The Morgan fingerprint density at radius 3 is 2.90 bits per heavy atom. The summed E-state index contributed by atoms with van der Waals surface area (Å²) in [5.74, 6) is -0.0743. The smallest absolute Gasteiger partial charge is 0.303 e. The molecule has 0 heterocycles. The summed E-state index contributed by atoms with van der Waals surface area (Å²) in [7, 11) is 0. The van der Waals surface area contributed by atoms with Gasteiger partial charge in [-0.25, -0.2) is 0 Å². The van der Waals surface area contributed by atoms with Gasteiger partial charge in [0.25, 0.3) is 0 Å². The molecular formula is C16H18O4. The standard InChI is InChI=1S/C16H18O4/c1-10(17)20-14-5-7-16-6-4-13(18)9-12(16)3-2-11(8-14)15(16)19/h5,7,9,11,14H,2-4,6,8H2,1H3/t11-,14+,16-/m0/s1. The third-order valence-electron chi connectivity index (χ3n) is 4.68. The summed E-state index contributed by atoms with van der Waals surface area (Å²) < 4.78 is 5.26. The van der Waals surface area contributed by atoms with Crippen molar-refractivity contribution < 1.29 is 19.1 Å². The van der Waals surface area contributed by atoms with E-state index in [9.17, 15) is 14.4 Å². The van der Waals surface area contributed by atoms with Gasteiger partial charge in [0.05, 0.1) is 5.41 Å². The Morgan fingerprint density at radius 1 is 1.35 bits per heavy atom. The van der Waals surface area contributed by atoms with Crippen LogP contribution in [0.1, 0.15) is 39.0 Å². The lowest BCUT2D eigenvalue weighted by molar-refractivity contribution is -0.146. The van der Waals surface area contributed by atoms with Crippen molar-refractivity contribution in [1.29, 1.82) is 0 Å². The minimum Gasteiger partial charge on any atom is -0.458 e. The molecule has 0 aromatic heterocycles. The number of fused-ring (bicyclic) bond motifs is 1. The van der Waals surface area contributed by atoms with Gasteiger partial charge in [-0.1, -0.05) is 6.08 Å². The second kappa shape index (κ2) is 4.69. The molecule has 1 fully saturated rings. The molecule has 0 radical (unpaired) electrons. The lowest BCUT2D eigenvalue weighted by Gasteiger charge is -2.40. The van der Waals surface area contributed by atoms with E-state index in [1.54, 1.807) is 6.08 Å². The van der Waals surface area contributed by atoms with E-state index in [1.807, 2.05) is 12.2 Å². The average molecular weight is 274 g/mol. The Balaban J connectivity index is 1.99. The summed E-state index contributed by atoms with van der Waals surface area (Å²) in [6.45, 7) is 1.38. The van der Waals surface area contributed by atoms with Crippen molar-refractivity contribution in [2.24, 2.45) is 11.3 Å². The molecule has 2 bridgehead atoms. The Bertz CT molecular complexity index is 543. The van der Waals surface area contributed by atoms with Gasteiger partial charge < -0.3 is 4.74 Å². The number of hydrogen-bond donors (Lipinski definition) is 0. The monoisotopic (exact) mass is 274 g/mol. The highest BCUT2D eigenvalue weighted by atomic mass is 16.5. The first kappa shape index (κ1) is 13.3. The molecule has 3 atom stereocenters. The summed E-state index contributed by atoms with van der Waals surface area (Å²) in [6, 6.07) is 0. The average Bonchev–Trinajstić information content (AvgIpc) is 2.46. The van der Waals surface area contributed by atoms with Gasteiger partial charge in [0.1, 0.15) is 11.9 Å². The van der Waals surface area contributed by atoms with Crippen LogP contribution < -0.4 is 0 Å². The maximum atomic E-state index is 12.8. The zero-order chi connectivity index (χ0) is 14.3. The van der Waals surface area contributed by atoms with Crippen molar-refractivity contribution in [1.82, 2.24) is 0 Å². The van der Waals surface area contributed by atoms with E-state index in [2.05, 4.69) is 0 Å². The highest BCUT2D eigenvalue weighted by Crippen LogP contribution is 2.50. The second-order valence-corrected chi connectivity index (χ2v) is 5.95. The third kappa shape index (κ3) is 2.03. The van der Waals surface area contributed by atoms with Gasteiger partial charge in [-0.2, -0.15) is 0 Å². The van der Waals surface area contributed by atoms with Crippen molar-refractivity contribution in [3.63, 3.8) is 0 Å². The van der Waals surface area contributed by atoms with Gasteiger partial charge in [-0.3, -0.25) is 14.4 Å². The molecule has 3 rings (SSSR count). The number of Topliss-reactive ketones (excluding diaryl/α,β-unsaturated/α-hetero) is 1. The summed E-state index contributed by atoms with van der Waals surface area (Å²) >= 11 is 0. The molecule has 1 saturated carbocycles. The van der Waals surface area contributed by atoms with Crippen LogP contribution in [0.4, 0.5) is 0 Å². The van der Waals surface area contributed by atoms with E-state index < -0.39 is 5.41 Å². The van der Waals surface area contributed by atoms with Crippen molar-refractivity contribution in [3.05, 3.63) is 23.8 Å². The number of ether oxygens (including phenoxy) is 1. The Morgan fingerprint density at radius 2 is 2.15 bits per heavy atom. The van der Waals surface area contributed by atoms with E-state index in [-0.39, 0.29) is 29.6 Å². The number of hydrogen-bond acceptors (Lipinski definition) is 4. The maximum absolute atomic E-state index is 12.8. The van der Waals surface area contributed by atoms with Crippen LogP contribution in [0.25, 0.3) is 0 Å². The highest BCUT2D eigenvalue weighted by Gasteiger charge is 2.49. The highest BCUT2D eigenvalue weighted by molar-refractivity contribution is 6.00. The molecular weight excluding hydrogens is 256 g/mol. The first-order valence-electron chi connectivity index (χ1n) is 7.16. The van der Waals surface area contributed by atoms with Gasteiger partial charge in [0.15, 0.2) is 5.78 Å². The van der Waals surface area contributed by atoms with E-state index in [0.29, 0.717) is 19.3 Å². The second-order valence-electron chi connectivity index (χ2n) is 5.95. The quantitative estimate of drug-likeness (QED) is 0.543. The first-order chi connectivity index (χ1) is 9.51. The minimum atomic E-state index is -0.605. The lowest BCUT2D eigenvalue weighted by Crippen LogP contribution is -2.42. The Kier molecular flexibility index (Phi) is 3.11. The molecule has 0 aromatic carbocycles. The van der Waals surface area contributed by atoms with Gasteiger partial charge in [0, 0.05) is 19.3 Å². The molecule has 106 valence electrons. The zero-order valence-electron chi connectivity index (χ0n) is 11.6. The van der Waals surface area contributed by atoms with Gasteiger partial charge >= 0.3 is 5.97 Å².